The highest BCUT2D eigenvalue weighted by molar-refractivity contribution is 5.61. The molecule has 3 rings (SSSR count). The van der Waals surface area contributed by atoms with Crippen molar-refractivity contribution in [3.05, 3.63) is 53.7 Å². The Bertz CT molecular complexity index is 923. The maximum Gasteiger partial charge on any atom is 0.163 e. The summed E-state index contributed by atoms with van der Waals surface area (Å²) in [5.41, 5.74) is 3.25. The SMILES string of the molecule is CC(C)c1cnn2c(NCc3ccccc3)cc(NCCCCCC#N)nc12. The van der Waals surface area contributed by atoms with Crippen molar-refractivity contribution in [1.29, 1.82) is 5.26 Å². The summed E-state index contributed by atoms with van der Waals surface area (Å²) in [7, 11) is 0. The van der Waals surface area contributed by atoms with Gasteiger partial charge in [-0.25, -0.2) is 4.98 Å². The minimum Gasteiger partial charge on any atom is -0.370 e. The monoisotopic (exact) mass is 376 g/mol. The number of nitriles is 1. The van der Waals surface area contributed by atoms with Crippen LogP contribution in [0.5, 0.6) is 0 Å². The molecular formula is C22H28N6. The Morgan fingerprint density at radius 1 is 1.11 bits per heavy atom. The predicted molar refractivity (Wildman–Crippen MR) is 113 cm³/mol. The Labute approximate surface area is 166 Å². The first-order chi connectivity index (χ1) is 13.7. The lowest BCUT2D eigenvalue weighted by atomic mass is 10.1. The van der Waals surface area contributed by atoms with E-state index in [9.17, 15) is 0 Å². The van der Waals surface area contributed by atoms with Gasteiger partial charge < -0.3 is 10.6 Å². The van der Waals surface area contributed by atoms with Crippen LogP contribution in [0.15, 0.2) is 42.6 Å². The number of hydrogen-bond acceptors (Lipinski definition) is 5. The van der Waals surface area contributed by atoms with Crippen LogP contribution in [0.25, 0.3) is 5.65 Å². The first-order valence-electron chi connectivity index (χ1n) is 9.96. The number of hydrogen-bond donors (Lipinski definition) is 2. The molecule has 0 radical (unpaired) electrons. The minimum absolute atomic E-state index is 0.355. The molecule has 2 heterocycles. The van der Waals surface area contributed by atoms with Crippen LogP contribution in [0.2, 0.25) is 0 Å². The summed E-state index contributed by atoms with van der Waals surface area (Å²) in [6, 6.07) is 14.5. The van der Waals surface area contributed by atoms with Crippen LogP contribution >= 0.6 is 0 Å². The maximum absolute atomic E-state index is 8.62. The number of nitrogens with zero attached hydrogens (tertiary/aromatic N) is 4. The van der Waals surface area contributed by atoms with Crippen molar-refractivity contribution in [1.82, 2.24) is 14.6 Å². The van der Waals surface area contributed by atoms with E-state index in [4.69, 9.17) is 10.2 Å². The van der Waals surface area contributed by atoms with Gasteiger partial charge in [0.05, 0.1) is 12.3 Å². The average Bonchev–Trinajstić information content (AvgIpc) is 3.14. The largest absolute Gasteiger partial charge is 0.370 e. The third-order valence-corrected chi connectivity index (χ3v) is 4.71. The molecule has 6 heteroatoms. The number of benzene rings is 1. The second kappa shape index (κ2) is 9.75. The molecule has 0 unspecified atom stereocenters. The molecule has 0 saturated carbocycles. The van der Waals surface area contributed by atoms with Gasteiger partial charge in [0.15, 0.2) is 5.65 Å². The molecule has 0 fully saturated rings. The highest BCUT2D eigenvalue weighted by Crippen LogP contribution is 2.24. The summed E-state index contributed by atoms with van der Waals surface area (Å²) in [6.07, 6.45) is 5.57. The highest BCUT2D eigenvalue weighted by Gasteiger charge is 2.13. The van der Waals surface area contributed by atoms with E-state index in [1.165, 1.54) is 5.56 Å². The van der Waals surface area contributed by atoms with Crippen LogP contribution in [-0.4, -0.2) is 21.1 Å². The van der Waals surface area contributed by atoms with Crippen molar-refractivity contribution < 1.29 is 0 Å². The molecule has 0 aliphatic carbocycles. The molecule has 0 aliphatic heterocycles. The van der Waals surface area contributed by atoms with Gasteiger partial charge >= 0.3 is 0 Å². The number of unbranched alkanes of at least 4 members (excludes halogenated alkanes) is 3. The van der Waals surface area contributed by atoms with E-state index >= 15 is 0 Å². The van der Waals surface area contributed by atoms with Crippen LogP contribution in [-0.2, 0) is 6.54 Å². The molecular weight excluding hydrogens is 348 g/mol. The summed E-state index contributed by atoms with van der Waals surface area (Å²) in [6.45, 7) is 5.89. The lowest BCUT2D eigenvalue weighted by Crippen LogP contribution is -2.10. The summed E-state index contributed by atoms with van der Waals surface area (Å²) < 4.78 is 1.89. The lowest BCUT2D eigenvalue weighted by molar-refractivity contribution is 0.711. The summed E-state index contributed by atoms with van der Waals surface area (Å²) in [5.74, 6) is 2.13. The molecule has 6 nitrogen and oxygen atoms in total. The van der Waals surface area contributed by atoms with Crippen molar-refractivity contribution >= 4 is 17.3 Å². The Kier molecular flexibility index (Phi) is 6.85. The van der Waals surface area contributed by atoms with Gasteiger partial charge in [0.1, 0.15) is 11.6 Å². The van der Waals surface area contributed by atoms with Crippen molar-refractivity contribution in [2.24, 2.45) is 0 Å². The Morgan fingerprint density at radius 2 is 1.93 bits per heavy atom. The summed E-state index contributed by atoms with van der Waals surface area (Å²) in [4.78, 5) is 4.80. The zero-order chi connectivity index (χ0) is 19.8. The van der Waals surface area contributed by atoms with Gasteiger partial charge in [-0.15, -0.1) is 0 Å². The van der Waals surface area contributed by atoms with Crippen molar-refractivity contribution in [3.63, 3.8) is 0 Å². The van der Waals surface area contributed by atoms with E-state index in [-0.39, 0.29) is 0 Å². The molecule has 1 aromatic carbocycles. The fourth-order valence-corrected chi connectivity index (χ4v) is 3.11. The molecule has 0 aliphatic rings. The fraction of sp³-hybridized carbons (Fsp3) is 0.409. The summed E-state index contributed by atoms with van der Waals surface area (Å²) >= 11 is 0. The van der Waals surface area contributed by atoms with Crippen molar-refractivity contribution in [3.8, 4) is 6.07 Å². The second-order valence-corrected chi connectivity index (χ2v) is 7.25. The topological polar surface area (TPSA) is 78.0 Å². The molecule has 0 atom stereocenters. The molecule has 2 N–H and O–H groups in total. The van der Waals surface area contributed by atoms with Crippen LogP contribution in [0, 0.1) is 11.3 Å². The maximum atomic E-state index is 8.62. The smallest absolute Gasteiger partial charge is 0.163 e. The van der Waals surface area contributed by atoms with Gasteiger partial charge in [-0.1, -0.05) is 50.6 Å². The van der Waals surface area contributed by atoms with Crippen LogP contribution < -0.4 is 10.6 Å². The van der Waals surface area contributed by atoms with E-state index in [2.05, 4.69) is 47.8 Å². The molecule has 146 valence electrons. The molecule has 0 amide bonds. The molecule has 0 bridgehead atoms. The number of anilines is 2. The third kappa shape index (κ3) is 5.01. The molecule has 28 heavy (non-hydrogen) atoms. The van der Waals surface area contributed by atoms with E-state index < -0.39 is 0 Å². The minimum atomic E-state index is 0.355. The van der Waals surface area contributed by atoms with Crippen LogP contribution in [0.4, 0.5) is 11.6 Å². The third-order valence-electron chi connectivity index (χ3n) is 4.71. The highest BCUT2D eigenvalue weighted by atomic mass is 15.3. The second-order valence-electron chi connectivity index (χ2n) is 7.25. The molecule has 3 aromatic rings. The Morgan fingerprint density at radius 3 is 2.68 bits per heavy atom. The zero-order valence-electron chi connectivity index (χ0n) is 16.7. The number of aromatic nitrogens is 3. The summed E-state index contributed by atoms with van der Waals surface area (Å²) in [5, 5.41) is 20.1. The molecule has 0 saturated heterocycles. The lowest BCUT2D eigenvalue weighted by Gasteiger charge is -2.13. The molecule has 2 aromatic heterocycles. The van der Waals surface area contributed by atoms with Crippen molar-refractivity contribution in [2.45, 2.75) is 52.0 Å². The predicted octanol–water partition coefficient (Wildman–Crippen LogP) is 4.96. The standard InChI is InChI=1S/C22H28N6/c1-17(2)19-16-26-28-21(25-15-18-10-6-5-7-11-18)14-20(27-22(19)28)24-13-9-4-3-8-12-23/h5-7,10-11,14,16-17,25H,3-4,8-9,13,15H2,1-2H3,(H,24,27). The van der Waals surface area contributed by atoms with Gasteiger partial charge in [-0.05, 0) is 24.3 Å². The van der Waals surface area contributed by atoms with E-state index in [0.29, 0.717) is 12.3 Å². The van der Waals surface area contributed by atoms with E-state index in [0.717, 1.165) is 55.2 Å². The zero-order valence-corrected chi connectivity index (χ0v) is 16.7. The van der Waals surface area contributed by atoms with Gasteiger partial charge in [0.2, 0.25) is 0 Å². The van der Waals surface area contributed by atoms with Crippen molar-refractivity contribution in [2.75, 3.05) is 17.2 Å². The van der Waals surface area contributed by atoms with Crippen LogP contribution in [0.3, 0.4) is 0 Å². The fourth-order valence-electron chi connectivity index (χ4n) is 3.11. The van der Waals surface area contributed by atoms with E-state index in [1.807, 2.05) is 35.0 Å². The van der Waals surface area contributed by atoms with Gasteiger partial charge in [0.25, 0.3) is 0 Å². The first kappa shape index (κ1) is 19.7. The molecule has 0 spiro atoms. The average molecular weight is 377 g/mol. The van der Waals surface area contributed by atoms with Gasteiger partial charge in [-0.2, -0.15) is 14.9 Å². The number of fused-ring (bicyclic) bond motifs is 1. The van der Waals surface area contributed by atoms with Gasteiger partial charge in [-0.3, -0.25) is 0 Å². The van der Waals surface area contributed by atoms with E-state index in [1.54, 1.807) is 0 Å². The number of rotatable bonds is 10. The first-order valence-corrected chi connectivity index (χ1v) is 9.96. The quantitative estimate of drug-likeness (QED) is 0.489. The normalized spacial score (nSPS) is 10.9. The van der Waals surface area contributed by atoms with Gasteiger partial charge in [0, 0.05) is 31.1 Å². The van der Waals surface area contributed by atoms with Crippen LogP contribution in [0.1, 0.15) is 56.6 Å². The Hall–Kier alpha value is -3.07. The number of nitrogens with one attached hydrogen (secondary N) is 2. The Balaban J connectivity index is 1.77.